The van der Waals surface area contributed by atoms with Gasteiger partial charge in [-0.2, -0.15) is 13.2 Å². The van der Waals surface area contributed by atoms with Crippen LogP contribution in [0.4, 0.5) is 13.2 Å². The highest BCUT2D eigenvalue weighted by Gasteiger charge is 2.34. The summed E-state index contributed by atoms with van der Waals surface area (Å²) in [6, 6.07) is 0.683. The molecule has 2 heterocycles. The maximum Gasteiger partial charge on any atom is 0.401 e. The summed E-state index contributed by atoms with van der Waals surface area (Å²) in [5.74, 6) is 0.982. The zero-order chi connectivity index (χ0) is 19.7. The molecule has 5 nitrogen and oxygen atoms in total. The highest BCUT2D eigenvalue weighted by molar-refractivity contribution is 5.79. The zero-order valence-corrected chi connectivity index (χ0v) is 16.8. The van der Waals surface area contributed by atoms with Gasteiger partial charge in [0, 0.05) is 38.8 Å². The Morgan fingerprint density at radius 3 is 2.67 bits per heavy atom. The van der Waals surface area contributed by atoms with E-state index < -0.39 is 12.7 Å². The van der Waals surface area contributed by atoms with E-state index in [0.717, 1.165) is 38.4 Å². The van der Waals surface area contributed by atoms with E-state index in [1.807, 2.05) is 6.92 Å². The largest absolute Gasteiger partial charge is 0.401 e. The minimum Gasteiger partial charge on any atom is -0.357 e. The van der Waals surface area contributed by atoms with Crippen LogP contribution in [0.1, 0.15) is 46.0 Å². The number of alkyl halides is 3. The molecular weight excluding hydrogens is 355 g/mol. The number of nitrogens with one attached hydrogen (secondary N) is 2. The third-order valence-corrected chi connectivity index (χ3v) is 5.48. The van der Waals surface area contributed by atoms with Crippen LogP contribution < -0.4 is 10.6 Å². The first-order valence-corrected chi connectivity index (χ1v) is 10.4. The first kappa shape index (κ1) is 22.3. The summed E-state index contributed by atoms with van der Waals surface area (Å²) in [7, 11) is 0. The monoisotopic (exact) mass is 391 g/mol. The van der Waals surface area contributed by atoms with Crippen molar-refractivity contribution in [3.8, 4) is 0 Å². The van der Waals surface area contributed by atoms with Gasteiger partial charge in [-0.15, -0.1) is 0 Å². The lowest BCUT2D eigenvalue weighted by molar-refractivity contribution is -0.143. The van der Waals surface area contributed by atoms with Gasteiger partial charge in [-0.25, -0.2) is 0 Å². The zero-order valence-electron chi connectivity index (χ0n) is 16.8. The number of rotatable bonds is 8. The quantitative estimate of drug-likeness (QED) is 0.379. The van der Waals surface area contributed by atoms with Crippen molar-refractivity contribution in [1.29, 1.82) is 0 Å². The highest BCUT2D eigenvalue weighted by Crippen LogP contribution is 2.22. The molecule has 2 unspecified atom stereocenters. The topological polar surface area (TPSA) is 42.9 Å². The molecule has 2 aliphatic heterocycles. The van der Waals surface area contributed by atoms with Gasteiger partial charge in [0.25, 0.3) is 0 Å². The molecule has 0 amide bonds. The fourth-order valence-electron chi connectivity index (χ4n) is 4.00. The van der Waals surface area contributed by atoms with Crippen molar-refractivity contribution < 1.29 is 13.2 Å². The van der Waals surface area contributed by atoms with E-state index in [1.165, 1.54) is 30.7 Å². The molecule has 0 bridgehead atoms. The molecule has 8 heteroatoms. The van der Waals surface area contributed by atoms with Crippen LogP contribution >= 0.6 is 0 Å². The van der Waals surface area contributed by atoms with Crippen LogP contribution in [0.5, 0.6) is 0 Å². The molecular formula is C19H36F3N5. The Kier molecular flexibility index (Phi) is 9.15. The second-order valence-corrected chi connectivity index (χ2v) is 7.89. The number of hydrogen-bond donors (Lipinski definition) is 2. The van der Waals surface area contributed by atoms with Gasteiger partial charge in [0.1, 0.15) is 0 Å². The van der Waals surface area contributed by atoms with E-state index in [-0.39, 0.29) is 5.92 Å². The first-order chi connectivity index (χ1) is 12.9. The van der Waals surface area contributed by atoms with E-state index in [2.05, 4.69) is 27.4 Å². The Hall–Kier alpha value is -1.02. The Labute approximate surface area is 161 Å². The van der Waals surface area contributed by atoms with Crippen LogP contribution in [0.15, 0.2) is 4.99 Å². The van der Waals surface area contributed by atoms with Gasteiger partial charge in [0.15, 0.2) is 5.96 Å². The number of guanidine groups is 1. The van der Waals surface area contributed by atoms with Crippen molar-refractivity contribution in [2.75, 3.05) is 52.4 Å². The normalized spacial score (nSPS) is 25.7. The molecule has 27 heavy (non-hydrogen) atoms. The Balaban J connectivity index is 1.68. The van der Waals surface area contributed by atoms with Crippen molar-refractivity contribution in [1.82, 2.24) is 20.4 Å². The van der Waals surface area contributed by atoms with Crippen LogP contribution in [-0.2, 0) is 0 Å². The van der Waals surface area contributed by atoms with Crippen LogP contribution in [0.3, 0.4) is 0 Å². The summed E-state index contributed by atoms with van der Waals surface area (Å²) in [5.41, 5.74) is 0. The number of piperidine rings is 1. The number of aliphatic imine (C=N–C) groups is 1. The fraction of sp³-hybridized carbons (Fsp3) is 0.947. The van der Waals surface area contributed by atoms with Crippen LogP contribution in [-0.4, -0.2) is 80.3 Å². The standard InChI is InChI=1S/C19H36F3N5/c1-3-23-18(24-9-6-11-27-10-5-4-7-16(27)2)25-13-17-8-12-26(14-17)15-19(20,21)22/h16-17H,3-15H2,1-2H3,(H2,23,24,25). The predicted molar refractivity (Wildman–Crippen MR) is 104 cm³/mol. The van der Waals surface area contributed by atoms with E-state index in [9.17, 15) is 13.2 Å². The van der Waals surface area contributed by atoms with Gasteiger partial charge < -0.3 is 15.5 Å². The molecule has 0 aromatic carbocycles. The molecule has 2 atom stereocenters. The molecule has 0 aromatic rings. The first-order valence-electron chi connectivity index (χ1n) is 10.4. The molecule has 0 spiro atoms. The van der Waals surface area contributed by atoms with Gasteiger partial charge in [-0.1, -0.05) is 6.42 Å². The van der Waals surface area contributed by atoms with Gasteiger partial charge >= 0.3 is 6.18 Å². The smallest absolute Gasteiger partial charge is 0.357 e. The maximum absolute atomic E-state index is 12.5. The third-order valence-electron chi connectivity index (χ3n) is 5.48. The minimum atomic E-state index is -4.11. The average Bonchev–Trinajstić information content (AvgIpc) is 3.03. The SMILES string of the molecule is CCNC(=NCC1CCN(CC(F)(F)F)C1)NCCCN1CCCCC1C. The van der Waals surface area contributed by atoms with Crippen molar-refractivity contribution in [3.63, 3.8) is 0 Å². The van der Waals surface area contributed by atoms with Crippen molar-refractivity contribution in [2.45, 2.75) is 58.2 Å². The molecule has 0 saturated carbocycles. The molecule has 2 rings (SSSR count). The van der Waals surface area contributed by atoms with Crippen LogP contribution in [0, 0.1) is 5.92 Å². The van der Waals surface area contributed by atoms with E-state index in [1.54, 1.807) is 0 Å². The molecule has 2 N–H and O–H groups in total. The van der Waals surface area contributed by atoms with Gasteiger partial charge in [-0.05, 0) is 58.5 Å². The van der Waals surface area contributed by atoms with Crippen molar-refractivity contribution in [2.24, 2.45) is 10.9 Å². The van der Waals surface area contributed by atoms with E-state index in [4.69, 9.17) is 0 Å². The summed E-state index contributed by atoms with van der Waals surface area (Å²) in [4.78, 5) is 8.64. The van der Waals surface area contributed by atoms with Crippen LogP contribution in [0.2, 0.25) is 0 Å². The lowest BCUT2D eigenvalue weighted by Crippen LogP contribution is -2.41. The highest BCUT2D eigenvalue weighted by atomic mass is 19.4. The second-order valence-electron chi connectivity index (χ2n) is 7.89. The fourth-order valence-corrected chi connectivity index (χ4v) is 4.00. The van der Waals surface area contributed by atoms with E-state index in [0.29, 0.717) is 25.7 Å². The van der Waals surface area contributed by atoms with Crippen LogP contribution in [0.25, 0.3) is 0 Å². The number of halogens is 3. The van der Waals surface area contributed by atoms with Crippen molar-refractivity contribution >= 4 is 5.96 Å². The number of likely N-dealkylation sites (tertiary alicyclic amines) is 2. The molecule has 0 radical (unpaired) electrons. The van der Waals surface area contributed by atoms with Gasteiger partial charge in [0.05, 0.1) is 6.54 Å². The third kappa shape index (κ3) is 8.68. The summed E-state index contributed by atoms with van der Waals surface area (Å²) in [6.07, 6.45) is 1.68. The Bertz CT molecular complexity index is 455. The predicted octanol–water partition coefficient (Wildman–Crippen LogP) is 2.69. The summed E-state index contributed by atoms with van der Waals surface area (Å²) >= 11 is 0. The molecule has 0 aliphatic carbocycles. The van der Waals surface area contributed by atoms with Crippen molar-refractivity contribution in [3.05, 3.63) is 0 Å². The number of nitrogens with zero attached hydrogens (tertiary/aromatic N) is 3. The molecule has 0 aromatic heterocycles. The maximum atomic E-state index is 12.5. The summed E-state index contributed by atoms with van der Waals surface area (Å²) in [5, 5.41) is 6.60. The average molecular weight is 392 g/mol. The summed E-state index contributed by atoms with van der Waals surface area (Å²) < 4.78 is 37.5. The van der Waals surface area contributed by atoms with Gasteiger partial charge in [0.2, 0.25) is 0 Å². The summed E-state index contributed by atoms with van der Waals surface area (Å²) in [6.45, 7) is 9.03. The lowest BCUT2D eigenvalue weighted by atomic mass is 10.0. The molecule has 2 saturated heterocycles. The molecule has 158 valence electrons. The lowest BCUT2D eigenvalue weighted by Gasteiger charge is -2.33. The molecule has 2 fully saturated rings. The Morgan fingerprint density at radius 2 is 1.96 bits per heavy atom. The van der Waals surface area contributed by atoms with Gasteiger partial charge in [-0.3, -0.25) is 9.89 Å². The molecule has 2 aliphatic rings. The van der Waals surface area contributed by atoms with E-state index >= 15 is 0 Å². The minimum absolute atomic E-state index is 0.206. The number of hydrogen-bond acceptors (Lipinski definition) is 3. The Morgan fingerprint density at radius 1 is 1.15 bits per heavy atom. The second kappa shape index (κ2) is 11.1.